The van der Waals surface area contributed by atoms with Crippen LogP contribution in [-0.2, 0) is 15.0 Å². The van der Waals surface area contributed by atoms with E-state index in [1.165, 1.54) is 12.5 Å². The molecule has 0 radical (unpaired) electrons. The van der Waals surface area contributed by atoms with Crippen molar-refractivity contribution >= 4 is 23.2 Å². The number of amides is 2. The smallest absolute Gasteiger partial charge is 0.267 e. The van der Waals surface area contributed by atoms with Gasteiger partial charge in [0.05, 0.1) is 12.2 Å². The van der Waals surface area contributed by atoms with E-state index in [2.05, 4.69) is 26.1 Å². The Morgan fingerprint density at radius 2 is 1.73 bits per heavy atom. The molecule has 1 N–H and O–H groups in total. The van der Waals surface area contributed by atoms with Crippen LogP contribution >= 0.6 is 0 Å². The number of hydrogen-bond donors (Lipinski definition) is 1. The van der Waals surface area contributed by atoms with Crippen molar-refractivity contribution in [3.8, 4) is 5.75 Å². The Morgan fingerprint density at radius 1 is 1.08 bits per heavy atom. The summed E-state index contributed by atoms with van der Waals surface area (Å²) in [6, 6.07) is 15.0. The highest BCUT2D eigenvalue weighted by Crippen LogP contribution is 2.33. The predicted octanol–water partition coefficient (Wildman–Crippen LogP) is 3.74. The standard InChI is InChI=1S/C21H24N2O3/c1-14(24)23-13-19(26-18-8-6-5-7-17(18)23)20(25)22-16-11-9-15(10-12-16)21(2,3)4/h5-12,19H,13H2,1-4H3,(H,22,25). The van der Waals surface area contributed by atoms with E-state index in [4.69, 9.17) is 4.74 Å². The summed E-state index contributed by atoms with van der Waals surface area (Å²) in [5.74, 6) is 0.152. The van der Waals surface area contributed by atoms with Crippen molar-refractivity contribution in [2.75, 3.05) is 16.8 Å². The molecule has 0 saturated carbocycles. The fourth-order valence-corrected chi connectivity index (χ4v) is 2.95. The summed E-state index contributed by atoms with van der Waals surface area (Å²) in [5, 5.41) is 2.88. The zero-order chi connectivity index (χ0) is 18.9. The van der Waals surface area contributed by atoms with E-state index in [0.717, 1.165) is 0 Å². The molecule has 5 nitrogen and oxygen atoms in total. The molecule has 136 valence electrons. The molecular weight excluding hydrogens is 328 g/mol. The van der Waals surface area contributed by atoms with Gasteiger partial charge in [-0.05, 0) is 35.2 Å². The van der Waals surface area contributed by atoms with Gasteiger partial charge in [-0.15, -0.1) is 0 Å². The third-order valence-electron chi connectivity index (χ3n) is 4.46. The Balaban J connectivity index is 1.75. The molecule has 26 heavy (non-hydrogen) atoms. The number of benzene rings is 2. The maximum Gasteiger partial charge on any atom is 0.267 e. The van der Waals surface area contributed by atoms with Crippen molar-refractivity contribution in [1.29, 1.82) is 0 Å². The van der Waals surface area contributed by atoms with Gasteiger partial charge in [-0.3, -0.25) is 9.59 Å². The lowest BCUT2D eigenvalue weighted by Crippen LogP contribution is -2.48. The summed E-state index contributed by atoms with van der Waals surface area (Å²) in [7, 11) is 0. The number of hydrogen-bond acceptors (Lipinski definition) is 3. The summed E-state index contributed by atoms with van der Waals surface area (Å²) in [5.41, 5.74) is 2.65. The van der Waals surface area contributed by atoms with Gasteiger partial charge in [0.1, 0.15) is 5.75 Å². The van der Waals surface area contributed by atoms with Gasteiger partial charge in [0, 0.05) is 12.6 Å². The van der Waals surface area contributed by atoms with E-state index in [0.29, 0.717) is 17.1 Å². The van der Waals surface area contributed by atoms with Crippen LogP contribution in [0.5, 0.6) is 5.75 Å². The van der Waals surface area contributed by atoms with E-state index in [-0.39, 0.29) is 23.8 Å². The lowest BCUT2D eigenvalue weighted by Gasteiger charge is -2.33. The van der Waals surface area contributed by atoms with Crippen LogP contribution in [0, 0.1) is 0 Å². The van der Waals surface area contributed by atoms with Crippen molar-refractivity contribution in [1.82, 2.24) is 0 Å². The maximum absolute atomic E-state index is 12.7. The largest absolute Gasteiger partial charge is 0.476 e. The summed E-state index contributed by atoms with van der Waals surface area (Å²) in [6.45, 7) is 8.11. The van der Waals surface area contributed by atoms with Crippen molar-refractivity contribution in [3.63, 3.8) is 0 Å². The van der Waals surface area contributed by atoms with Gasteiger partial charge in [-0.1, -0.05) is 45.0 Å². The van der Waals surface area contributed by atoms with Gasteiger partial charge >= 0.3 is 0 Å². The number of rotatable bonds is 2. The second-order valence-electron chi connectivity index (χ2n) is 7.52. The molecule has 2 amide bonds. The number of ether oxygens (including phenoxy) is 1. The Kier molecular flexibility index (Phi) is 4.72. The highest BCUT2D eigenvalue weighted by molar-refractivity contribution is 5.99. The number of anilines is 2. The average molecular weight is 352 g/mol. The molecule has 2 aromatic carbocycles. The van der Waals surface area contributed by atoms with Crippen molar-refractivity contribution < 1.29 is 14.3 Å². The normalized spacial score (nSPS) is 16.5. The summed E-state index contributed by atoms with van der Waals surface area (Å²) < 4.78 is 5.82. The maximum atomic E-state index is 12.7. The highest BCUT2D eigenvalue weighted by atomic mass is 16.5. The second-order valence-corrected chi connectivity index (χ2v) is 7.52. The minimum absolute atomic E-state index is 0.0563. The molecule has 1 heterocycles. The van der Waals surface area contributed by atoms with Crippen LogP contribution in [0.2, 0.25) is 0 Å². The van der Waals surface area contributed by atoms with Crippen LogP contribution in [0.1, 0.15) is 33.3 Å². The highest BCUT2D eigenvalue weighted by Gasteiger charge is 2.32. The van der Waals surface area contributed by atoms with Crippen molar-refractivity contribution in [2.24, 2.45) is 0 Å². The lowest BCUT2D eigenvalue weighted by atomic mass is 9.87. The van der Waals surface area contributed by atoms with Gasteiger partial charge in [0.25, 0.3) is 5.91 Å². The Hall–Kier alpha value is -2.82. The number of fused-ring (bicyclic) bond motifs is 1. The first-order chi connectivity index (χ1) is 12.3. The SMILES string of the molecule is CC(=O)N1CC(C(=O)Nc2ccc(C(C)(C)C)cc2)Oc2ccccc21. The third-order valence-corrected chi connectivity index (χ3v) is 4.46. The van der Waals surface area contributed by atoms with Gasteiger partial charge in [-0.2, -0.15) is 0 Å². The Morgan fingerprint density at radius 3 is 2.35 bits per heavy atom. The van der Waals surface area contributed by atoms with E-state index < -0.39 is 6.10 Å². The van der Waals surface area contributed by atoms with Crippen molar-refractivity contribution in [3.05, 3.63) is 54.1 Å². The number of nitrogens with zero attached hydrogens (tertiary/aromatic N) is 1. The average Bonchev–Trinajstić information content (AvgIpc) is 2.60. The van der Waals surface area contributed by atoms with Crippen molar-refractivity contribution in [2.45, 2.75) is 39.2 Å². The Bertz CT molecular complexity index is 822. The summed E-state index contributed by atoms with van der Waals surface area (Å²) in [4.78, 5) is 26.2. The topological polar surface area (TPSA) is 58.6 Å². The van der Waals surface area contributed by atoms with Gasteiger partial charge < -0.3 is 15.0 Å². The van der Waals surface area contributed by atoms with E-state index in [1.54, 1.807) is 11.0 Å². The minimum atomic E-state index is -0.754. The van der Waals surface area contributed by atoms with Crippen LogP contribution in [-0.4, -0.2) is 24.5 Å². The van der Waals surface area contributed by atoms with Crippen LogP contribution in [0.25, 0.3) is 0 Å². The first-order valence-corrected chi connectivity index (χ1v) is 8.71. The fourth-order valence-electron chi connectivity index (χ4n) is 2.95. The molecule has 0 aliphatic carbocycles. The third kappa shape index (κ3) is 3.72. The molecule has 1 atom stereocenters. The monoisotopic (exact) mass is 352 g/mol. The molecule has 0 aromatic heterocycles. The number of carbonyl (C=O) groups excluding carboxylic acids is 2. The van der Waals surface area contributed by atoms with E-state index in [1.807, 2.05) is 42.5 Å². The van der Waals surface area contributed by atoms with Gasteiger partial charge in [-0.25, -0.2) is 0 Å². The molecule has 0 spiro atoms. The zero-order valence-corrected chi connectivity index (χ0v) is 15.6. The van der Waals surface area contributed by atoms with Gasteiger partial charge in [0.2, 0.25) is 5.91 Å². The van der Waals surface area contributed by atoms with E-state index >= 15 is 0 Å². The quantitative estimate of drug-likeness (QED) is 0.896. The number of nitrogens with one attached hydrogen (secondary N) is 1. The summed E-state index contributed by atoms with van der Waals surface area (Å²) in [6.07, 6.45) is -0.754. The summed E-state index contributed by atoms with van der Waals surface area (Å²) >= 11 is 0. The minimum Gasteiger partial charge on any atom is -0.476 e. The molecule has 3 rings (SSSR count). The molecule has 0 bridgehead atoms. The van der Waals surface area contributed by atoms with Crippen LogP contribution in [0.4, 0.5) is 11.4 Å². The molecule has 1 unspecified atom stereocenters. The van der Waals surface area contributed by atoms with Gasteiger partial charge in [0.15, 0.2) is 6.10 Å². The first kappa shape index (κ1) is 18.0. The first-order valence-electron chi connectivity index (χ1n) is 8.71. The molecular formula is C21H24N2O3. The van der Waals surface area contributed by atoms with E-state index in [9.17, 15) is 9.59 Å². The lowest BCUT2D eigenvalue weighted by molar-refractivity contribution is -0.123. The molecule has 2 aromatic rings. The molecule has 1 aliphatic rings. The molecule has 1 aliphatic heterocycles. The molecule has 0 saturated heterocycles. The van der Waals surface area contributed by atoms with Crippen LogP contribution < -0.4 is 15.0 Å². The number of carbonyl (C=O) groups is 2. The van der Waals surface area contributed by atoms with Crippen LogP contribution in [0.3, 0.4) is 0 Å². The van der Waals surface area contributed by atoms with Crippen LogP contribution in [0.15, 0.2) is 48.5 Å². The fraction of sp³-hybridized carbons (Fsp3) is 0.333. The predicted molar refractivity (Wildman–Crippen MR) is 103 cm³/mol. The zero-order valence-electron chi connectivity index (χ0n) is 15.6. The molecule has 5 heteroatoms. The number of para-hydroxylation sites is 2. The second kappa shape index (κ2) is 6.83. The Labute approximate surface area is 154 Å². The molecule has 0 fully saturated rings.